The van der Waals surface area contributed by atoms with Crippen LogP contribution in [0.1, 0.15) is 16.7 Å². The van der Waals surface area contributed by atoms with Gasteiger partial charge < -0.3 is 30.7 Å². The lowest BCUT2D eigenvalue weighted by atomic mass is 10.1. The Kier molecular flexibility index (Phi) is 3.32. The van der Waals surface area contributed by atoms with Gasteiger partial charge in [-0.15, -0.1) is 6.42 Å². The van der Waals surface area contributed by atoms with E-state index in [-0.39, 0.29) is 11.5 Å². The summed E-state index contributed by atoms with van der Waals surface area (Å²) in [5, 5.41) is 34.1. The van der Waals surface area contributed by atoms with Gasteiger partial charge in [0.25, 0.3) is 5.91 Å². The van der Waals surface area contributed by atoms with E-state index in [4.69, 9.17) is 22.0 Å². The summed E-state index contributed by atoms with van der Waals surface area (Å²) in [5.74, 6) is 0.158. The van der Waals surface area contributed by atoms with Gasteiger partial charge in [-0.1, -0.05) is 0 Å². The van der Waals surface area contributed by atoms with Gasteiger partial charge in [-0.25, -0.2) is 4.98 Å². The minimum Gasteiger partial charge on any atom is -0.394 e. The number of terminal acetylenes is 1. The summed E-state index contributed by atoms with van der Waals surface area (Å²) in [6.45, 7) is -0.468. The fourth-order valence-electron chi connectivity index (χ4n) is 2.48. The predicted molar refractivity (Wildman–Crippen MR) is 72.1 cm³/mol. The second kappa shape index (κ2) is 4.94. The van der Waals surface area contributed by atoms with Crippen molar-refractivity contribution in [1.29, 1.82) is 0 Å². The van der Waals surface area contributed by atoms with E-state index in [1.807, 2.05) is 0 Å². The Labute approximate surface area is 124 Å². The van der Waals surface area contributed by atoms with E-state index in [1.54, 1.807) is 0 Å². The molecule has 2 aliphatic heterocycles. The molecule has 0 saturated carbocycles. The molecule has 10 heteroatoms. The number of anilines is 1. The topological polar surface area (TPSA) is 155 Å². The van der Waals surface area contributed by atoms with Gasteiger partial charge in [-0.2, -0.15) is 0 Å². The first-order valence-electron chi connectivity index (χ1n) is 6.47. The number of fused-ring (bicyclic) bond motifs is 1. The van der Waals surface area contributed by atoms with Crippen LogP contribution in [-0.2, 0) is 4.74 Å². The molecule has 1 fully saturated rings. The van der Waals surface area contributed by atoms with Gasteiger partial charge in [0, 0.05) is 0 Å². The Balaban J connectivity index is 1.99. The number of hydrogen-bond donors (Lipinski definition) is 6. The number of aromatic nitrogens is 2. The highest BCUT2D eigenvalue weighted by molar-refractivity contribution is 6.00. The fourth-order valence-corrected chi connectivity index (χ4v) is 2.48. The number of aliphatic hydroxyl groups excluding tert-OH is 3. The van der Waals surface area contributed by atoms with Crippen molar-refractivity contribution >= 4 is 11.7 Å². The minimum atomic E-state index is -1.61. The molecule has 0 bridgehead atoms. The molecule has 1 aromatic rings. The minimum absolute atomic E-state index is 0.0223. The normalized spacial score (nSPS) is 37.1. The quantitative estimate of drug-likeness (QED) is 0.314. The second-order valence-electron chi connectivity index (χ2n) is 5.11. The van der Waals surface area contributed by atoms with E-state index in [0.29, 0.717) is 0 Å². The van der Waals surface area contributed by atoms with Crippen LogP contribution in [0, 0.1) is 12.3 Å². The molecule has 0 spiro atoms. The molecule has 3 heterocycles. The number of nitrogens with one attached hydrogen (secondary N) is 2. The number of nitrogens with zero attached hydrogens (tertiary/aromatic N) is 2. The molecule has 1 amide bonds. The largest absolute Gasteiger partial charge is 0.394 e. The maximum Gasteiger partial charge on any atom is 0.277 e. The number of hydrogen-bond acceptors (Lipinski definition) is 8. The molecule has 22 heavy (non-hydrogen) atoms. The van der Waals surface area contributed by atoms with Crippen LogP contribution in [0.15, 0.2) is 6.33 Å². The summed E-state index contributed by atoms with van der Waals surface area (Å²) in [5.41, 5.74) is 5.82. The smallest absolute Gasteiger partial charge is 0.277 e. The molecule has 5 atom stereocenters. The van der Waals surface area contributed by atoms with Crippen molar-refractivity contribution in [2.75, 3.05) is 11.9 Å². The molecular formula is C12H15N5O5. The van der Waals surface area contributed by atoms with Gasteiger partial charge in [0.2, 0.25) is 5.79 Å². The molecule has 0 aromatic carbocycles. The predicted octanol–water partition coefficient (Wildman–Crippen LogP) is -3.10. The van der Waals surface area contributed by atoms with E-state index in [9.17, 15) is 15.0 Å². The fraction of sp³-hybridized carbons (Fsp3) is 0.500. The van der Waals surface area contributed by atoms with Crippen molar-refractivity contribution in [3.8, 4) is 12.3 Å². The van der Waals surface area contributed by atoms with Gasteiger partial charge in [-0.3, -0.25) is 15.1 Å². The molecule has 7 N–H and O–H groups in total. The lowest BCUT2D eigenvalue weighted by Crippen LogP contribution is -2.63. The average molecular weight is 309 g/mol. The molecule has 1 saturated heterocycles. The maximum atomic E-state index is 12.0. The number of carbonyl (C=O) groups excluding carboxylic acids is 1. The molecule has 1 aromatic heterocycles. The van der Waals surface area contributed by atoms with Gasteiger partial charge in [0.15, 0.2) is 11.9 Å². The zero-order valence-corrected chi connectivity index (χ0v) is 11.3. The van der Waals surface area contributed by atoms with E-state index in [1.165, 1.54) is 10.9 Å². The number of nitrogens with two attached hydrogens (primary N) is 1. The molecule has 0 radical (unpaired) electrons. The van der Waals surface area contributed by atoms with Crippen LogP contribution in [0.3, 0.4) is 0 Å². The number of imidazole rings is 1. The zero-order chi connectivity index (χ0) is 16.1. The first-order chi connectivity index (χ1) is 10.4. The number of ether oxygens (including phenoxy) is 1. The summed E-state index contributed by atoms with van der Waals surface area (Å²) in [6, 6.07) is 0. The summed E-state index contributed by atoms with van der Waals surface area (Å²) in [7, 11) is 0. The SMILES string of the molecule is C#C[C@]1(N)NC(=O)c2ncn([C@@H]3O[C@H](CO)[C@@H](O)[C@H]3O)c2N1. The molecule has 2 aliphatic rings. The van der Waals surface area contributed by atoms with E-state index < -0.39 is 42.8 Å². The number of aliphatic hydroxyl groups is 3. The van der Waals surface area contributed by atoms with E-state index >= 15 is 0 Å². The molecular weight excluding hydrogens is 294 g/mol. The highest BCUT2D eigenvalue weighted by atomic mass is 16.6. The average Bonchev–Trinajstić information content (AvgIpc) is 3.02. The van der Waals surface area contributed by atoms with Crippen molar-refractivity contribution in [3.05, 3.63) is 12.0 Å². The third-order valence-electron chi connectivity index (χ3n) is 3.65. The molecule has 0 unspecified atom stereocenters. The van der Waals surface area contributed by atoms with Gasteiger partial charge in [0.05, 0.1) is 12.9 Å². The summed E-state index contributed by atoms with van der Waals surface area (Å²) in [6.07, 6.45) is 1.94. The molecule has 10 nitrogen and oxygen atoms in total. The molecule has 118 valence electrons. The molecule has 0 aliphatic carbocycles. The summed E-state index contributed by atoms with van der Waals surface area (Å²) >= 11 is 0. The first-order valence-corrected chi connectivity index (χ1v) is 6.47. The van der Waals surface area contributed by atoms with Crippen LogP contribution in [0.4, 0.5) is 5.82 Å². The summed E-state index contributed by atoms with van der Waals surface area (Å²) < 4.78 is 6.69. The Morgan fingerprint density at radius 2 is 2.23 bits per heavy atom. The van der Waals surface area contributed by atoms with Crippen molar-refractivity contribution in [1.82, 2.24) is 14.9 Å². The van der Waals surface area contributed by atoms with Crippen molar-refractivity contribution in [2.24, 2.45) is 5.73 Å². The Morgan fingerprint density at radius 1 is 1.50 bits per heavy atom. The number of rotatable bonds is 2. The number of carbonyl (C=O) groups is 1. The first kappa shape index (κ1) is 14.8. The van der Waals surface area contributed by atoms with Crippen LogP contribution < -0.4 is 16.4 Å². The Hall–Kier alpha value is -2.16. The number of amides is 1. The van der Waals surface area contributed by atoms with Crippen LogP contribution in [0.2, 0.25) is 0 Å². The van der Waals surface area contributed by atoms with Crippen LogP contribution in [0.25, 0.3) is 0 Å². The third-order valence-corrected chi connectivity index (χ3v) is 3.65. The van der Waals surface area contributed by atoms with E-state index in [0.717, 1.165) is 0 Å². The second-order valence-corrected chi connectivity index (χ2v) is 5.11. The third kappa shape index (κ3) is 2.04. The Morgan fingerprint density at radius 3 is 2.82 bits per heavy atom. The van der Waals surface area contributed by atoms with Crippen molar-refractivity contribution < 1.29 is 24.9 Å². The highest BCUT2D eigenvalue weighted by Gasteiger charge is 2.46. The highest BCUT2D eigenvalue weighted by Crippen LogP contribution is 2.34. The molecule has 3 rings (SSSR count). The van der Waals surface area contributed by atoms with Crippen LogP contribution in [0.5, 0.6) is 0 Å². The monoisotopic (exact) mass is 309 g/mol. The van der Waals surface area contributed by atoms with Crippen LogP contribution in [-0.4, -0.2) is 61.5 Å². The van der Waals surface area contributed by atoms with Crippen LogP contribution >= 0.6 is 0 Å². The van der Waals surface area contributed by atoms with Gasteiger partial charge in [-0.05, 0) is 5.92 Å². The lowest BCUT2D eigenvalue weighted by Gasteiger charge is -2.32. The lowest BCUT2D eigenvalue weighted by molar-refractivity contribution is -0.0520. The summed E-state index contributed by atoms with van der Waals surface area (Å²) in [4.78, 5) is 15.9. The van der Waals surface area contributed by atoms with Gasteiger partial charge in [0.1, 0.15) is 24.1 Å². The Bertz CT molecular complexity index is 655. The van der Waals surface area contributed by atoms with Gasteiger partial charge >= 0.3 is 0 Å². The van der Waals surface area contributed by atoms with Crippen molar-refractivity contribution in [3.63, 3.8) is 0 Å². The zero-order valence-electron chi connectivity index (χ0n) is 11.3. The van der Waals surface area contributed by atoms with E-state index in [2.05, 4.69) is 21.5 Å². The van der Waals surface area contributed by atoms with Crippen molar-refractivity contribution in [2.45, 2.75) is 30.3 Å². The standard InChI is InChI=1S/C12H15N5O5/c1-2-12(13)15-9-6(10(21)16-12)14-4-17(9)11-8(20)7(19)5(3-18)22-11/h1,4-5,7-8,11,15,18-20H,3,13H2,(H,16,21)/t5-,7-,8-,11-,12-/m1/s1. The maximum absolute atomic E-state index is 12.0.